The Morgan fingerprint density at radius 1 is 0.885 bits per heavy atom. The molecule has 0 saturated carbocycles. The van der Waals surface area contributed by atoms with Crippen molar-refractivity contribution in [2.45, 2.75) is 71.1 Å². The van der Waals surface area contributed by atoms with Crippen LogP contribution in [0, 0.1) is 0 Å². The molecule has 0 bridgehead atoms. The molecule has 0 aliphatic rings. The van der Waals surface area contributed by atoms with Gasteiger partial charge in [-0.15, -0.1) is 0 Å². The van der Waals surface area contributed by atoms with Crippen molar-refractivity contribution in [3.8, 4) is 5.75 Å². The minimum absolute atomic E-state index is 0.245. The number of ether oxygens (including phenoxy) is 1. The third-order valence-corrected chi connectivity index (χ3v) is 4.04. The molecular weight excluding hydrogens is 328 g/mol. The first kappa shape index (κ1) is 24.4. The van der Waals surface area contributed by atoms with Crippen LogP contribution < -0.4 is 16.2 Å². The first-order valence-electron chi connectivity index (χ1n) is 10.0. The van der Waals surface area contributed by atoms with Gasteiger partial charge in [0.05, 0.1) is 6.61 Å². The molecule has 5 N–H and O–H groups in total. The second-order valence-electron chi connectivity index (χ2n) is 6.41. The highest BCUT2D eigenvalue weighted by Crippen LogP contribution is 2.18. The number of unbranched alkanes of at least 4 members (excludes halogenated alkanes) is 9. The molecule has 0 atom stereocenters. The van der Waals surface area contributed by atoms with Crippen molar-refractivity contribution < 1.29 is 14.6 Å². The molecule has 1 rings (SSSR count). The highest BCUT2D eigenvalue weighted by Gasteiger charge is 2.09. The van der Waals surface area contributed by atoms with E-state index in [2.05, 4.69) is 6.92 Å². The number of rotatable bonds is 14. The van der Waals surface area contributed by atoms with Crippen LogP contribution in [0.25, 0.3) is 0 Å². The molecule has 0 radical (unpaired) electrons. The fraction of sp³-hybridized carbons (Fsp3) is 0.667. The zero-order valence-corrected chi connectivity index (χ0v) is 16.4. The summed E-state index contributed by atoms with van der Waals surface area (Å²) in [5.74, 6) is -0.454. The summed E-state index contributed by atoms with van der Waals surface area (Å²) in [6.45, 7) is 4.04. The van der Waals surface area contributed by atoms with Gasteiger partial charge in [0, 0.05) is 13.1 Å². The van der Waals surface area contributed by atoms with Gasteiger partial charge in [0.2, 0.25) is 0 Å². The van der Waals surface area contributed by atoms with Crippen LogP contribution >= 0.6 is 0 Å². The summed E-state index contributed by atoms with van der Waals surface area (Å²) in [6, 6.07) is 6.83. The maximum atomic E-state index is 11.0. The number of benzene rings is 1. The Hall–Kier alpha value is -1.59. The van der Waals surface area contributed by atoms with Gasteiger partial charge < -0.3 is 21.3 Å². The molecule has 0 unspecified atom stereocenters. The molecule has 1 aromatic rings. The third-order valence-electron chi connectivity index (χ3n) is 4.04. The van der Waals surface area contributed by atoms with Gasteiger partial charge in [-0.2, -0.15) is 0 Å². The van der Waals surface area contributed by atoms with Crippen LogP contribution in [0.15, 0.2) is 24.3 Å². The van der Waals surface area contributed by atoms with Crippen LogP contribution in [0.3, 0.4) is 0 Å². The van der Waals surface area contributed by atoms with E-state index in [1.807, 2.05) is 0 Å². The molecule has 0 aliphatic carbocycles. The molecule has 1 aromatic carbocycles. The lowest BCUT2D eigenvalue weighted by Gasteiger charge is -2.08. The van der Waals surface area contributed by atoms with Gasteiger partial charge in [-0.05, 0) is 18.6 Å². The van der Waals surface area contributed by atoms with Gasteiger partial charge in [-0.25, -0.2) is 4.79 Å². The molecule has 0 aliphatic heterocycles. The maximum absolute atomic E-state index is 11.0. The molecule has 0 saturated heterocycles. The predicted octanol–water partition coefficient (Wildman–Crippen LogP) is 4.59. The minimum atomic E-state index is -0.932. The maximum Gasteiger partial charge on any atom is 0.339 e. The zero-order chi connectivity index (χ0) is 19.5. The standard InChI is InChI=1S/C19H30O3.C2H8N2/c1-2-3-4-5-6-7-8-9-10-13-16-22-18-15-12-11-14-17(18)19(20)21;3-1-2-4/h11-12,14-15H,2-10,13,16H2,1H3,(H,20,21);1-4H2. The Bertz CT molecular complexity index is 451. The molecule has 5 nitrogen and oxygen atoms in total. The van der Waals surface area contributed by atoms with Crippen molar-refractivity contribution in [1.82, 2.24) is 0 Å². The lowest BCUT2D eigenvalue weighted by atomic mass is 10.1. The number of aromatic carboxylic acids is 1. The topological polar surface area (TPSA) is 98.6 Å². The average Bonchev–Trinajstić information content (AvgIpc) is 2.66. The van der Waals surface area contributed by atoms with Gasteiger partial charge in [0.1, 0.15) is 11.3 Å². The number of para-hydroxylation sites is 1. The van der Waals surface area contributed by atoms with E-state index in [1.165, 1.54) is 51.4 Å². The fourth-order valence-corrected chi connectivity index (χ4v) is 2.54. The summed E-state index contributed by atoms with van der Waals surface area (Å²) in [4.78, 5) is 11.0. The van der Waals surface area contributed by atoms with Gasteiger partial charge in [-0.3, -0.25) is 0 Å². The highest BCUT2D eigenvalue weighted by molar-refractivity contribution is 5.90. The Labute approximate surface area is 159 Å². The lowest BCUT2D eigenvalue weighted by molar-refractivity contribution is 0.0692. The summed E-state index contributed by atoms with van der Waals surface area (Å²) in [6.07, 6.45) is 12.8. The van der Waals surface area contributed by atoms with Crippen LogP contribution in [0.1, 0.15) is 81.5 Å². The minimum Gasteiger partial charge on any atom is -0.493 e. The largest absolute Gasteiger partial charge is 0.493 e. The summed E-state index contributed by atoms with van der Waals surface area (Å²) in [7, 11) is 0. The Morgan fingerprint density at radius 2 is 1.38 bits per heavy atom. The average molecular weight is 367 g/mol. The first-order valence-corrected chi connectivity index (χ1v) is 10.0. The molecule has 0 spiro atoms. The quantitative estimate of drug-likeness (QED) is 0.418. The smallest absolute Gasteiger partial charge is 0.339 e. The summed E-state index contributed by atoms with van der Waals surface area (Å²) >= 11 is 0. The molecule has 0 heterocycles. The number of hydrogen-bond acceptors (Lipinski definition) is 4. The van der Waals surface area contributed by atoms with Crippen molar-refractivity contribution >= 4 is 5.97 Å². The monoisotopic (exact) mass is 366 g/mol. The SMILES string of the molecule is CCCCCCCCCCCCOc1ccccc1C(=O)O.NCCN. The van der Waals surface area contributed by atoms with Crippen LogP contribution in [0.2, 0.25) is 0 Å². The first-order chi connectivity index (χ1) is 12.7. The summed E-state index contributed by atoms with van der Waals surface area (Å²) in [5, 5.41) is 9.06. The van der Waals surface area contributed by atoms with Crippen molar-refractivity contribution in [2.24, 2.45) is 11.5 Å². The molecule has 0 fully saturated rings. The molecule has 0 amide bonds. The Morgan fingerprint density at radius 3 is 1.88 bits per heavy atom. The van der Waals surface area contributed by atoms with E-state index < -0.39 is 5.97 Å². The highest BCUT2D eigenvalue weighted by atomic mass is 16.5. The molecular formula is C21H38N2O3. The van der Waals surface area contributed by atoms with E-state index >= 15 is 0 Å². The molecule has 26 heavy (non-hydrogen) atoms. The van der Waals surface area contributed by atoms with E-state index in [0.717, 1.165) is 12.8 Å². The molecule has 150 valence electrons. The van der Waals surface area contributed by atoms with Gasteiger partial charge in [0.25, 0.3) is 0 Å². The van der Waals surface area contributed by atoms with Crippen molar-refractivity contribution in [1.29, 1.82) is 0 Å². The number of carbonyl (C=O) groups is 1. The van der Waals surface area contributed by atoms with E-state index in [0.29, 0.717) is 25.4 Å². The van der Waals surface area contributed by atoms with Crippen molar-refractivity contribution in [2.75, 3.05) is 19.7 Å². The van der Waals surface area contributed by atoms with Crippen molar-refractivity contribution in [3.05, 3.63) is 29.8 Å². The van der Waals surface area contributed by atoms with Gasteiger partial charge >= 0.3 is 5.97 Å². The normalized spacial score (nSPS) is 10.1. The zero-order valence-electron chi connectivity index (χ0n) is 16.4. The van der Waals surface area contributed by atoms with Crippen molar-refractivity contribution in [3.63, 3.8) is 0 Å². The van der Waals surface area contributed by atoms with Crippen LogP contribution in [0.4, 0.5) is 0 Å². The van der Waals surface area contributed by atoms with Gasteiger partial charge in [0.15, 0.2) is 0 Å². The number of nitrogens with two attached hydrogens (primary N) is 2. The van der Waals surface area contributed by atoms with E-state index in [4.69, 9.17) is 21.3 Å². The molecule has 0 aromatic heterocycles. The Balaban J connectivity index is 0.00000141. The van der Waals surface area contributed by atoms with E-state index in [-0.39, 0.29) is 5.56 Å². The summed E-state index contributed by atoms with van der Waals surface area (Å²) < 4.78 is 5.59. The number of carboxylic acids is 1. The number of carboxylic acid groups (broad SMARTS) is 1. The van der Waals surface area contributed by atoms with Crippen LogP contribution in [0.5, 0.6) is 5.75 Å². The predicted molar refractivity (Wildman–Crippen MR) is 109 cm³/mol. The summed E-state index contributed by atoms with van der Waals surface area (Å²) in [5.41, 5.74) is 10.1. The lowest BCUT2D eigenvalue weighted by Crippen LogP contribution is -2.11. The van der Waals surface area contributed by atoms with Gasteiger partial charge in [-0.1, -0.05) is 76.8 Å². The second-order valence-corrected chi connectivity index (χ2v) is 6.41. The van der Waals surface area contributed by atoms with Crippen LogP contribution in [-0.2, 0) is 0 Å². The molecule has 5 heteroatoms. The van der Waals surface area contributed by atoms with Crippen LogP contribution in [-0.4, -0.2) is 30.8 Å². The number of hydrogen-bond donors (Lipinski definition) is 3. The Kier molecular flexibility index (Phi) is 17.1. The third kappa shape index (κ3) is 13.7. The van der Waals surface area contributed by atoms with E-state index in [9.17, 15) is 4.79 Å². The fourth-order valence-electron chi connectivity index (χ4n) is 2.54. The van der Waals surface area contributed by atoms with E-state index in [1.54, 1.807) is 24.3 Å². The second kappa shape index (κ2) is 18.2.